The van der Waals surface area contributed by atoms with Crippen LogP contribution in [0, 0.1) is 10.1 Å². The van der Waals surface area contributed by atoms with Crippen LogP contribution >= 0.6 is 0 Å². The van der Waals surface area contributed by atoms with Gasteiger partial charge in [0.05, 0.1) is 0 Å². The van der Waals surface area contributed by atoms with Crippen molar-refractivity contribution in [3.8, 4) is 0 Å². The summed E-state index contributed by atoms with van der Waals surface area (Å²) in [5.74, 6) is 0. The van der Waals surface area contributed by atoms with Crippen molar-refractivity contribution in [1.82, 2.24) is 0 Å². The second-order valence-electron chi connectivity index (χ2n) is 6.07. The molecular weight excluding hydrogens is 318 g/mol. The monoisotopic (exact) mass is 350 g/mol. The van der Waals surface area contributed by atoms with Crippen molar-refractivity contribution in [2.24, 2.45) is 0 Å². The van der Waals surface area contributed by atoms with Gasteiger partial charge in [-0.15, -0.1) is 0 Å². The standard InChI is InChI=1S/C20H32NO4/c1-2-3-4-5-11-14-17-20(23)19(21(24)25)16-13-10-8-6-7-9-12-15-18-22/h6-7,10-11,13-14,19-20,23H,2-5,8-9,12,15-17H2,1H3/b7-6-,13-10-,14-11-. The molecule has 141 valence electrons. The minimum atomic E-state index is -0.969. The van der Waals surface area contributed by atoms with Crippen LogP contribution in [0.25, 0.3) is 0 Å². The van der Waals surface area contributed by atoms with Crippen molar-refractivity contribution >= 4 is 6.29 Å². The molecule has 0 saturated carbocycles. The van der Waals surface area contributed by atoms with Crippen molar-refractivity contribution in [2.45, 2.75) is 83.3 Å². The fourth-order valence-corrected chi connectivity index (χ4v) is 2.32. The summed E-state index contributed by atoms with van der Waals surface area (Å²) in [6.07, 6.45) is 20.1. The Labute approximate surface area is 151 Å². The molecule has 1 N–H and O–H groups in total. The third kappa shape index (κ3) is 14.3. The van der Waals surface area contributed by atoms with E-state index >= 15 is 0 Å². The number of hydrogen-bond acceptors (Lipinski definition) is 4. The molecule has 0 fully saturated rings. The molecule has 25 heavy (non-hydrogen) atoms. The highest BCUT2D eigenvalue weighted by Gasteiger charge is 2.27. The number of rotatable bonds is 16. The molecule has 0 saturated heterocycles. The molecule has 0 aliphatic carbocycles. The maximum atomic E-state index is 11.1. The SMILES string of the molecule is CCCCC/C=C\CC(O)C(C/C=C\C/C=C\CCC[C]=O)[N+](=O)[O-]. The molecule has 0 spiro atoms. The first kappa shape index (κ1) is 23.2. The van der Waals surface area contributed by atoms with Crippen LogP contribution in [0.1, 0.15) is 71.1 Å². The summed E-state index contributed by atoms with van der Waals surface area (Å²) in [5.41, 5.74) is 0. The third-order valence-corrected chi connectivity index (χ3v) is 3.87. The lowest BCUT2D eigenvalue weighted by atomic mass is 10.0. The van der Waals surface area contributed by atoms with Crippen LogP contribution in [0.3, 0.4) is 0 Å². The van der Waals surface area contributed by atoms with Crippen LogP contribution in [0.5, 0.6) is 0 Å². The van der Waals surface area contributed by atoms with Gasteiger partial charge >= 0.3 is 0 Å². The van der Waals surface area contributed by atoms with Crippen LogP contribution < -0.4 is 0 Å². The quantitative estimate of drug-likeness (QED) is 0.189. The Bertz CT molecular complexity index is 429. The van der Waals surface area contributed by atoms with Gasteiger partial charge in [-0.25, -0.2) is 0 Å². The second kappa shape index (κ2) is 17.1. The molecular formula is C20H32NO4. The van der Waals surface area contributed by atoms with Crippen LogP contribution in [-0.2, 0) is 4.79 Å². The topological polar surface area (TPSA) is 80.4 Å². The highest BCUT2D eigenvalue weighted by Crippen LogP contribution is 2.10. The van der Waals surface area contributed by atoms with E-state index in [9.17, 15) is 20.0 Å². The van der Waals surface area contributed by atoms with Crippen LogP contribution in [-0.4, -0.2) is 28.5 Å². The van der Waals surface area contributed by atoms with Crippen LogP contribution in [0.2, 0.25) is 0 Å². The summed E-state index contributed by atoms with van der Waals surface area (Å²) in [5, 5.41) is 21.2. The number of nitrogens with zero attached hydrogens (tertiary/aromatic N) is 1. The zero-order valence-electron chi connectivity index (χ0n) is 15.3. The van der Waals surface area contributed by atoms with Gasteiger partial charge in [0.15, 0.2) is 6.29 Å². The minimum absolute atomic E-state index is 0.228. The summed E-state index contributed by atoms with van der Waals surface area (Å²) < 4.78 is 0. The van der Waals surface area contributed by atoms with Gasteiger partial charge in [-0.2, -0.15) is 0 Å². The Morgan fingerprint density at radius 2 is 1.64 bits per heavy atom. The average molecular weight is 350 g/mol. The molecule has 0 aliphatic rings. The van der Waals surface area contributed by atoms with E-state index in [-0.39, 0.29) is 6.42 Å². The molecule has 0 heterocycles. The highest BCUT2D eigenvalue weighted by molar-refractivity contribution is 5.50. The zero-order valence-corrected chi connectivity index (χ0v) is 15.3. The normalized spacial score (nSPS) is 14.5. The number of nitro groups is 1. The first-order chi connectivity index (χ1) is 12.1. The van der Waals surface area contributed by atoms with Gasteiger partial charge in [-0.05, 0) is 38.5 Å². The highest BCUT2D eigenvalue weighted by atomic mass is 16.6. The van der Waals surface area contributed by atoms with Gasteiger partial charge in [-0.1, -0.05) is 56.2 Å². The van der Waals surface area contributed by atoms with Gasteiger partial charge in [0, 0.05) is 17.8 Å². The summed E-state index contributed by atoms with van der Waals surface area (Å²) in [4.78, 5) is 20.8. The summed E-state index contributed by atoms with van der Waals surface area (Å²) in [7, 11) is 0. The van der Waals surface area contributed by atoms with Gasteiger partial charge < -0.3 is 5.11 Å². The summed E-state index contributed by atoms with van der Waals surface area (Å²) in [6, 6.07) is -0.969. The molecule has 0 aliphatic heterocycles. The zero-order chi connectivity index (χ0) is 18.8. The van der Waals surface area contributed by atoms with E-state index in [2.05, 4.69) is 6.92 Å². The van der Waals surface area contributed by atoms with Crippen molar-refractivity contribution < 1.29 is 14.8 Å². The Hall–Kier alpha value is -1.75. The molecule has 0 amide bonds. The molecule has 2 atom stereocenters. The van der Waals surface area contributed by atoms with E-state index < -0.39 is 17.1 Å². The number of aliphatic hydroxyl groups is 1. The fourth-order valence-electron chi connectivity index (χ4n) is 2.32. The molecule has 2 unspecified atom stereocenters. The van der Waals surface area contributed by atoms with E-state index in [0.717, 1.165) is 25.7 Å². The number of allylic oxidation sites excluding steroid dienone is 4. The average Bonchev–Trinajstić information content (AvgIpc) is 2.59. The maximum absolute atomic E-state index is 11.1. The smallest absolute Gasteiger partial charge is 0.242 e. The van der Waals surface area contributed by atoms with E-state index in [1.807, 2.05) is 36.7 Å². The Morgan fingerprint density at radius 3 is 2.32 bits per heavy atom. The number of hydrogen-bond donors (Lipinski definition) is 1. The van der Waals surface area contributed by atoms with Crippen molar-refractivity contribution in [3.05, 3.63) is 46.6 Å². The first-order valence-corrected chi connectivity index (χ1v) is 9.25. The van der Waals surface area contributed by atoms with Gasteiger partial charge in [-0.3, -0.25) is 14.9 Å². The Kier molecular flexibility index (Phi) is 15.9. The lowest BCUT2D eigenvalue weighted by Crippen LogP contribution is -2.32. The van der Waals surface area contributed by atoms with Crippen LogP contribution in [0.15, 0.2) is 36.5 Å². The number of unbranched alkanes of at least 4 members (excludes halogenated alkanes) is 5. The Morgan fingerprint density at radius 1 is 1.00 bits per heavy atom. The van der Waals surface area contributed by atoms with Gasteiger partial charge in [0.1, 0.15) is 6.10 Å². The molecule has 0 aromatic rings. The fraction of sp³-hybridized carbons (Fsp3) is 0.650. The van der Waals surface area contributed by atoms with Gasteiger partial charge in [0.2, 0.25) is 6.04 Å². The number of carbonyl (C=O) groups excluding carboxylic acids is 1. The predicted molar refractivity (Wildman–Crippen MR) is 102 cm³/mol. The van der Waals surface area contributed by atoms with Crippen molar-refractivity contribution in [2.75, 3.05) is 0 Å². The molecule has 0 rings (SSSR count). The number of aliphatic hydroxyl groups excluding tert-OH is 1. The van der Waals surface area contributed by atoms with Crippen LogP contribution in [0.4, 0.5) is 0 Å². The molecule has 0 bridgehead atoms. The largest absolute Gasteiger partial charge is 0.386 e. The maximum Gasteiger partial charge on any atom is 0.242 e. The van der Waals surface area contributed by atoms with E-state index in [1.54, 1.807) is 6.08 Å². The lowest BCUT2D eigenvalue weighted by molar-refractivity contribution is -0.533. The van der Waals surface area contributed by atoms with Crippen molar-refractivity contribution in [3.63, 3.8) is 0 Å². The molecule has 0 aromatic heterocycles. The predicted octanol–water partition coefficient (Wildman–Crippen LogP) is 4.69. The third-order valence-electron chi connectivity index (χ3n) is 3.87. The lowest BCUT2D eigenvalue weighted by Gasteiger charge is -2.12. The second-order valence-corrected chi connectivity index (χ2v) is 6.07. The minimum Gasteiger partial charge on any atom is -0.386 e. The van der Waals surface area contributed by atoms with E-state index in [1.165, 1.54) is 12.8 Å². The summed E-state index contributed by atoms with van der Waals surface area (Å²) >= 11 is 0. The van der Waals surface area contributed by atoms with Gasteiger partial charge in [0.25, 0.3) is 0 Å². The molecule has 5 heteroatoms. The van der Waals surface area contributed by atoms with E-state index in [4.69, 9.17) is 0 Å². The molecule has 1 radical (unpaired) electrons. The van der Waals surface area contributed by atoms with E-state index in [0.29, 0.717) is 19.3 Å². The first-order valence-electron chi connectivity index (χ1n) is 9.25. The molecule has 5 nitrogen and oxygen atoms in total. The van der Waals surface area contributed by atoms with Crippen molar-refractivity contribution in [1.29, 1.82) is 0 Å². The summed E-state index contributed by atoms with van der Waals surface area (Å²) in [6.45, 7) is 2.14. The molecule has 0 aromatic carbocycles. The Balaban J connectivity index is 4.08.